The number of carboxylic acid groups (broad SMARTS) is 1. The highest BCUT2D eigenvalue weighted by Gasteiger charge is 2.33. The van der Waals surface area contributed by atoms with E-state index >= 15 is 0 Å². The lowest BCUT2D eigenvalue weighted by Crippen LogP contribution is -2.17. The summed E-state index contributed by atoms with van der Waals surface area (Å²) in [6, 6.07) is 5.40. The van der Waals surface area contributed by atoms with E-state index in [0.29, 0.717) is 23.4 Å². The quantitative estimate of drug-likeness (QED) is 0.436. The summed E-state index contributed by atoms with van der Waals surface area (Å²) in [5, 5.41) is 18.5. The van der Waals surface area contributed by atoms with Crippen molar-refractivity contribution in [2.24, 2.45) is 0 Å². The number of rotatable bonds is 7. The van der Waals surface area contributed by atoms with Crippen LogP contribution in [0.25, 0.3) is 5.69 Å². The van der Waals surface area contributed by atoms with Crippen LogP contribution in [0.15, 0.2) is 36.5 Å². The Labute approximate surface area is 196 Å². The Hall–Kier alpha value is -4.14. The fourth-order valence-electron chi connectivity index (χ4n) is 3.05. The molecule has 35 heavy (non-hydrogen) atoms. The number of hydrogen-bond acceptors (Lipinski definition) is 7. The molecule has 3 N–H and O–H groups in total. The summed E-state index contributed by atoms with van der Waals surface area (Å²) in [5.41, 5.74) is -1.64. The molecule has 186 valence electrons. The zero-order chi connectivity index (χ0) is 26.1. The van der Waals surface area contributed by atoms with Gasteiger partial charge >= 0.3 is 12.1 Å². The number of carboxylic acids is 1. The van der Waals surface area contributed by atoms with Crippen LogP contribution in [0.2, 0.25) is 0 Å². The molecule has 0 aliphatic carbocycles. The van der Waals surface area contributed by atoms with Crippen molar-refractivity contribution in [1.29, 1.82) is 0 Å². The second-order valence-electron chi connectivity index (χ2n) is 7.29. The minimum atomic E-state index is -4.86. The predicted molar refractivity (Wildman–Crippen MR) is 117 cm³/mol. The van der Waals surface area contributed by atoms with Gasteiger partial charge < -0.3 is 15.2 Å². The Morgan fingerprint density at radius 3 is 2.34 bits per heavy atom. The van der Waals surface area contributed by atoms with Gasteiger partial charge in [-0.25, -0.2) is 17.9 Å². The van der Waals surface area contributed by atoms with Gasteiger partial charge in [0.2, 0.25) is 10.0 Å². The number of anilines is 2. The third-order valence-electron chi connectivity index (χ3n) is 4.59. The summed E-state index contributed by atoms with van der Waals surface area (Å²) in [6.45, 7) is 1.66. The number of nitrogens with one attached hydrogen (secondary N) is 2. The summed E-state index contributed by atoms with van der Waals surface area (Å²) in [7, 11) is -2.88. The van der Waals surface area contributed by atoms with Gasteiger partial charge in [-0.2, -0.15) is 13.2 Å². The molecule has 11 nitrogen and oxygen atoms in total. The number of aromatic nitrogens is 3. The molecular weight excluding hydrogens is 495 g/mol. The number of alkyl halides is 3. The van der Waals surface area contributed by atoms with Crippen LogP contribution >= 0.6 is 0 Å². The standard InChI is InChI=1S/C20H18F3N5O6S/c1-10-4-5-11(6-16(10)28-9-15(19(30)31)25-27-28)18(29)24-13-7-12(20(21,22)23)8-14(17(13)34-2)26-35(3,32)33/h4-9,26H,1-3H3,(H,24,29)(H,30,31). The van der Waals surface area contributed by atoms with Crippen molar-refractivity contribution < 1.29 is 41.0 Å². The van der Waals surface area contributed by atoms with E-state index in [-0.39, 0.29) is 17.0 Å². The largest absolute Gasteiger partial charge is 0.492 e. The van der Waals surface area contributed by atoms with Crippen molar-refractivity contribution in [3.8, 4) is 11.4 Å². The second-order valence-corrected chi connectivity index (χ2v) is 9.03. The second kappa shape index (κ2) is 9.25. The van der Waals surface area contributed by atoms with Crippen LogP contribution in [0.4, 0.5) is 24.5 Å². The van der Waals surface area contributed by atoms with Crippen molar-refractivity contribution in [2.45, 2.75) is 13.1 Å². The van der Waals surface area contributed by atoms with Crippen LogP contribution in [0.5, 0.6) is 5.75 Å². The molecule has 1 aromatic heterocycles. The van der Waals surface area contributed by atoms with Gasteiger partial charge in [-0.1, -0.05) is 11.3 Å². The first kappa shape index (κ1) is 25.5. The first-order chi connectivity index (χ1) is 16.2. The molecule has 0 atom stereocenters. The minimum absolute atomic E-state index is 0.0185. The lowest BCUT2D eigenvalue weighted by atomic mass is 10.1. The SMILES string of the molecule is COc1c(NC(=O)c2ccc(C)c(-n3cc(C(=O)O)nn3)c2)cc(C(F)(F)F)cc1NS(C)(=O)=O. The number of halogens is 3. The Bertz CT molecular complexity index is 1420. The van der Waals surface area contributed by atoms with E-state index in [1.165, 1.54) is 18.2 Å². The molecule has 0 spiro atoms. The zero-order valence-electron chi connectivity index (χ0n) is 18.3. The molecule has 0 unspecified atom stereocenters. The molecule has 3 aromatic rings. The lowest BCUT2D eigenvalue weighted by Gasteiger charge is -2.18. The molecule has 2 aromatic carbocycles. The molecule has 0 fully saturated rings. The highest BCUT2D eigenvalue weighted by Crippen LogP contribution is 2.41. The molecule has 0 bridgehead atoms. The average molecular weight is 513 g/mol. The van der Waals surface area contributed by atoms with Gasteiger partial charge in [0.05, 0.1) is 42.2 Å². The molecule has 0 radical (unpaired) electrons. The number of hydrogen-bond donors (Lipinski definition) is 3. The van der Waals surface area contributed by atoms with Gasteiger partial charge in [0.25, 0.3) is 5.91 Å². The van der Waals surface area contributed by atoms with E-state index in [9.17, 15) is 31.2 Å². The molecule has 0 saturated heterocycles. The van der Waals surface area contributed by atoms with Crippen molar-refractivity contribution in [1.82, 2.24) is 15.0 Å². The van der Waals surface area contributed by atoms with Gasteiger partial charge in [-0.15, -0.1) is 5.10 Å². The molecule has 3 rings (SSSR count). The van der Waals surface area contributed by atoms with Crippen molar-refractivity contribution >= 4 is 33.3 Å². The van der Waals surface area contributed by atoms with E-state index in [1.807, 2.05) is 4.72 Å². The maximum absolute atomic E-state index is 13.4. The number of nitrogens with zero attached hydrogens (tertiary/aromatic N) is 3. The monoisotopic (exact) mass is 513 g/mol. The number of carbonyl (C=O) groups excluding carboxylic acids is 1. The fraction of sp³-hybridized carbons (Fsp3) is 0.200. The third kappa shape index (κ3) is 5.87. The van der Waals surface area contributed by atoms with Crippen LogP contribution < -0.4 is 14.8 Å². The summed E-state index contributed by atoms with van der Waals surface area (Å²) in [5.74, 6) is -2.50. The highest BCUT2D eigenvalue weighted by atomic mass is 32.2. The number of aromatic carboxylic acids is 1. The van der Waals surface area contributed by atoms with E-state index in [0.717, 1.165) is 24.2 Å². The summed E-state index contributed by atoms with van der Waals surface area (Å²) in [4.78, 5) is 24.0. The van der Waals surface area contributed by atoms with Gasteiger partial charge in [-0.05, 0) is 36.8 Å². The average Bonchev–Trinajstić information content (AvgIpc) is 3.22. The first-order valence-electron chi connectivity index (χ1n) is 9.54. The Balaban J connectivity index is 2.04. The van der Waals surface area contributed by atoms with E-state index < -0.39 is 45.0 Å². The molecule has 0 saturated carbocycles. The Kier molecular flexibility index (Phi) is 6.73. The summed E-state index contributed by atoms with van der Waals surface area (Å²) < 4.78 is 71.7. The maximum Gasteiger partial charge on any atom is 0.416 e. The van der Waals surface area contributed by atoms with E-state index in [1.54, 1.807) is 6.92 Å². The zero-order valence-corrected chi connectivity index (χ0v) is 19.2. The normalized spacial score (nSPS) is 11.7. The predicted octanol–water partition coefficient (Wildman–Crippen LogP) is 2.93. The van der Waals surface area contributed by atoms with Crippen molar-refractivity contribution in [3.63, 3.8) is 0 Å². The van der Waals surface area contributed by atoms with Crippen molar-refractivity contribution in [3.05, 3.63) is 58.9 Å². The number of ether oxygens (including phenoxy) is 1. The molecule has 0 aliphatic heterocycles. The minimum Gasteiger partial charge on any atom is -0.492 e. The number of sulfonamides is 1. The number of methoxy groups -OCH3 is 1. The molecule has 15 heteroatoms. The molecule has 0 aliphatic rings. The Morgan fingerprint density at radius 1 is 1.14 bits per heavy atom. The molecule has 1 amide bonds. The molecular formula is C20H18F3N5O6S. The number of benzene rings is 2. The van der Waals surface area contributed by atoms with Crippen LogP contribution in [0.1, 0.15) is 32.0 Å². The van der Waals surface area contributed by atoms with Gasteiger partial charge in [0.15, 0.2) is 11.4 Å². The van der Waals surface area contributed by atoms with E-state index in [2.05, 4.69) is 15.6 Å². The van der Waals surface area contributed by atoms with E-state index in [4.69, 9.17) is 9.84 Å². The smallest absolute Gasteiger partial charge is 0.416 e. The highest BCUT2D eigenvalue weighted by molar-refractivity contribution is 7.92. The van der Waals surface area contributed by atoms with Crippen molar-refractivity contribution in [2.75, 3.05) is 23.4 Å². The topological polar surface area (TPSA) is 153 Å². The summed E-state index contributed by atoms with van der Waals surface area (Å²) in [6.07, 6.45) is -2.98. The van der Waals surface area contributed by atoms with Crippen LogP contribution in [0, 0.1) is 6.92 Å². The lowest BCUT2D eigenvalue weighted by molar-refractivity contribution is -0.137. The first-order valence-corrected chi connectivity index (χ1v) is 11.4. The van der Waals surface area contributed by atoms with Gasteiger partial charge in [0, 0.05) is 5.56 Å². The van der Waals surface area contributed by atoms with Gasteiger partial charge in [0.1, 0.15) is 0 Å². The third-order valence-corrected chi connectivity index (χ3v) is 5.19. The number of carbonyl (C=O) groups is 2. The fourth-order valence-corrected chi connectivity index (χ4v) is 3.60. The Morgan fingerprint density at radius 2 is 1.80 bits per heavy atom. The summed E-state index contributed by atoms with van der Waals surface area (Å²) >= 11 is 0. The maximum atomic E-state index is 13.4. The number of aryl methyl sites for hydroxylation is 1. The van der Waals surface area contributed by atoms with Crippen LogP contribution in [-0.2, 0) is 16.2 Å². The number of amides is 1. The van der Waals surface area contributed by atoms with Crippen LogP contribution in [-0.4, -0.2) is 53.8 Å². The molecule has 1 heterocycles. The van der Waals surface area contributed by atoms with Crippen LogP contribution in [0.3, 0.4) is 0 Å². The van der Waals surface area contributed by atoms with Gasteiger partial charge in [-0.3, -0.25) is 9.52 Å².